The molecule has 1 heterocycles. The summed E-state index contributed by atoms with van der Waals surface area (Å²) in [7, 11) is 0. The molecular formula is C18H16Cl2N4O3S. The first-order valence-corrected chi connectivity index (χ1v) is 9.56. The molecule has 1 aliphatic rings. The van der Waals surface area contributed by atoms with E-state index in [0.717, 1.165) is 5.69 Å². The van der Waals surface area contributed by atoms with Crippen molar-refractivity contribution in [2.24, 2.45) is 0 Å². The molecular weight excluding hydrogens is 423 g/mol. The molecule has 10 heteroatoms. The smallest absolute Gasteiger partial charge is 0.271 e. The van der Waals surface area contributed by atoms with Crippen molar-refractivity contribution in [1.29, 1.82) is 0 Å². The molecule has 1 amide bonds. The molecule has 0 aliphatic carbocycles. The van der Waals surface area contributed by atoms with Crippen molar-refractivity contribution in [1.82, 2.24) is 10.2 Å². The fourth-order valence-corrected chi connectivity index (χ4v) is 3.65. The Balaban J connectivity index is 1.58. The maximum Gasteiger partial charge on any atom is 0.271 e. The van der Waals surface area contributed by atoms with Crippen LogP contribution in [0.15, 0.2) is 42.5 Å². The molecule has 28 heavy (non-hydrogen) atoms. The van der Waals surface area contributed by atoms with Crippen molar-refractivity contribution in [3.8, 4) is 0 Å². The summed E-state index contributed by atoms with van der Waals surface area (Å²) in [5, 5.41) is 14.7. The molecule has 1 fully saturated rings. The summed E-state index contributed by atoms with van der Waals surface area (Å²) in [6, 6.07) is 11.1. The number of rotatable bonds is 3. The fraction of sp³-hybridized carbons (Fsp3) is 0.222. The highest BCUT2D eigenvalue weighted by atomic mass is 35.5. The van der Waals surface area contributed by atoms with E-state index in [1.807, 2.05) is 9.80 Å². The van der Waals surface area contributed by atoms with E-state index >= 15 is 0 Å². The Morgan fingerprint density at radius 3 is 2.43 bits per heavy atom. The summed E-state index contributed by atoms with van der Waals surface area (Å²) >= 11 is 17.5. The van der Waals surface area contributed by atoms with Crippen LogP contribution in [0.5, 0.6) is 0 Å². The van der Waals surface area contributed by atoms with Crippen LogP contribution >= 0.6 is 35.4 Å². The Morgan fingerprint density at radius 1 is 1.11 bits per heavy atom. The highest BCUT2D eigenvalue weighted by Gasteiger charge is 2.23. The number of carbonyl (C=O) groups is 1. The van der Waals surface area contributed by atoms with Crippen LogP contribution in [0.25, 0.3) is 0 Å². The molecule has 2 aromatic carbocycles. The van der Waals surface area contributed by atoms with E-state index in [1.54, 1.807) is 30.3 Å². The summed E-state index contributed by atoms with van der Waals surface area (Å²) < 4.78 is 0. The third kappa shape index (κ3) is 4.70. The van der Waals surface area contributed by atoms with E-state index in [-0.39, 0.29) is 11.6 Å². The standard InChI is InChI=1S/C18H16Cl2N4O3S/c19-13-3-1-2-12(10-13)17(25)21-18(28)23-8-6-22(7-9-23)16-5-4-14(24(26)27)11-15(16)20/h1-5,10-11H,6-9H2,(H,21,25,28). The highest BCUT2D eigenvalue weighted by molar-refractivity contribution is 7.80. The predicted molar refractivity (Wildman–Crippen MR) is 113 cm³/mol. The Labute approximate surface area is 177 Å². The van der Waals surface area contributed by atoms with Crippen LogP contribution in [0, 0.1) is 10.1 Å². The molecule has 0 spiro atoms. The van der Waals surface area contributed by atoms with Gasteiger partial charge in [-0.2, -0.15) is 0 Å². The van der Waals surface area contributed by atoms with Gasteiger partial charge in [0, 0.05) is 48.9 Å². The van der Waals surface area contributed by atoms with Gasteiger partial charge in [0.05, 0.1) is 15.6 Å². The number of halogens is 2. The van der Waals surface area contributed by atoms with Gasteiger partial charge in [-0.1, -0.05) is 29.3 Å². The summed E-state index contributed by atoms with van der Waals surface area (Å²) in [5.41, 5.74) is 1.13. The van der Waals surface area contributed by atoms with Crippen LogP contribution in [-0.4, -0.2) is 47.0 Å². The number of amides is 1. The number of anilines is 1. The molecule has 146 valence electrons. The lowest BCUT2D eigenvalue weighted by Gasteiger charge is -2.37. The van der Waals surface area contributed by atoms with Gasteiger partial charge >= 0.3 is 0 Å². The van der Waals surface area contributed by atoms with Crippen LogP contribution in [0.3, 0.4) is 0 Å². The molecule has 0 atom stereocenters. The maximum atomic E-state index is 12.3. The molecule has 1 N–H and O–H groups in total. The van der Waals surface area contributed by atoms with E-state index in [9.17, 15) is 14.9 Å². The number of piperazine rings is 1. The monoisotopic (exact) mass is 438 g/mol. The lowest BCUT2D eigenvalue weighted by Crippen LogP contribution is -2.52. The molecule has 0 bridgehead atoms. The summed E-state index contributed by atoms with van der Waals surface area (Å²) in [6.07, 6.45) is 0. The molecule has 1 saturated heterocycles. The minimum atomic E-state index is -0.478. The van der Waals surface area contributed by atoms with Crippen molar-refractivity contribution in [3.05, 3.63) is 68.2 Å². The number of nitro benzene ring substituents is 1. The maximum absolute atomic E-state index is 12.3. The lowest BCUT2D eigenvalue weighted by molar-refractivity contribution is -0.384. The zero-order valence-electron chi connectivity index (χ0n) is 14.6. The van der Waals surface area contributed by atoms with E-state index in [1.165, 1.54) is 12.1 Å². The largest absolute Gasteiger partial charge is 0.367 e. The van der Waals surface area contributed by atoms with Crippen molar-refractivity contribution in [2.45, 2.75) is 0 Å². The number of nitrogens with one attached hydrogen (secondary N) is 1. The first-order chi connectivity index (χ1) is 13.3. The second-order valence-electron chi connectivity index (χ2n) is 6.14. The van der Waals surface area contributed by atoms with Gasteiger partial charge in [-0.25, -0.2) is 0 Å². The van der Waals surface area contributed by atoms with Gasteiger partial charge in [0.15, 0.2) is 5.11 Å². The molecule has 0 unspecified atom stereocenters. The zero-order chi connectivity index (χ0) is 20.3. The number of nitro groups is 1. The number of thiocarbonyl (C=S) groups is 1. The van der Waals surface area contributed by atoms with Crippen LogP contribution in [0.2, 0.25) is 10.0 Å². The minimum absolute atomic E-state index is 0.0442. The fourth-order valence-electron chi connectivity index (χ4n) is 2.89. The topological polar surface area (TPSA) is 78.7 Å². The Hall–Kier alpha value is -2.42. The van der Waals surface area contributed by atoms with Crippen molar-refractivity contribution >= 4 is 57.8 Å². The van der Waals surface area contributed by atoms with Crippen molar-refractivity contribution in [3.63, 3.8) is 0 Å². The summed E-state index contributed by atoms with van der Waals surface area (Å²) in [4.78, 5) is 26.6. The molecule has 2 aromatic rings. The molecule has 1 aliphatic heterocycles. The van der Waals surface area contributed by atoms with Gasteiger partial charge in [0.1, 0.15) is 0 Å². The van der Waals surface area contributed by atoms with Crippen molar-refractivity contribution in [2.75, 3.05) is 31.1 Å². The van der Waals surface area contributed by atoms with Gasteiger partial charge in [0.2, 0.25) is 0 Å². The minimum Gasteiger partial charge on any atom is -0.367 e. The van der Waals surface area contributed by atoms with Crippen LogP contribution in [0.1, 0.15) is 10.4 Å². The first kappa shape index (κ1) is 20.3. The molecule has 3 rings (SSSR count). The number of carbonyl (C=O) groups excluding carboxylic acids is 1. The number of hydrogen-bond donors (Lipinski definition) is 1. The van der Waals surface area contributed by atoms with E-state index in [4.69, 9.17) is 35.4 Å². The molecule has 7 nitrogen and oxygen atoms in total. The zero-order valence-corrected chi connectivity index (χ0v) is 16.9. The average molecular weight is 439 g/mol. The van der Waals surface area contributed by atoms with Crippen LogP contribution in [0.4, 0.5) is 11.4 Å². The lowest BCUT2D eigenvalue weighted by atomic mass is 10.2. The third-order valence-electron chi connectivity index (χ3n) is 4.36. The second kappa shape index (κ2) is 8.72. The predicted octanol–water partition coefficient (Wildman–Crippen LogP) is 3.74. The number of benzene rings is 2. The second-order valence-corrected chi connectivity index (χ2v) is 7.37. The molecule has 0 aromatic heterocycles. The van der Waals surface area contributed by atoms with Gasteiger partial charge in [-0.15, -0.1) is 0 Å². The van der Waals surface area contributed by atoms with Crippen molar-refractivity contribution < 1.29 is 9.72 Å². The number of nitrogens with zero attached hydrogens (tertiary/aromatic N) is 3. The average Bonchev–Trinajstić information content (AvgIpc) is 2.68. The van der Waals surface area contributed by atoms with Gasteiger partial charge in [0.25, 0.3) is 11.6 Å². The number of non-ortho nitro benzene ring substituents is 1. The van der Waals surface area contributed by atoms with E-state index < -0.39 is 4.92 Å². The normalized spacial score (nSPS) is 13.9. The Bertz CT molecular complexity index is 933. The first-order valence-electron chi connectivity index (χ1n) is 8.40. The Morgan fingerprint density at radius 2 is 1.82 bits per heavy atom. The highest BCUT2D eigenvalue weighted by Crippen LogP contribution is 2.30. The van der Waals surface area contributed by atoms with Crippen LogP contribution < -0.4 is 10.2 Å². The van der Waals surface area contributed by atoms with Crippen LogP contribution in [-0.2, 0) is 0 Å². The van der Waals surface area contributed by atoms with E-state index in [2.05, 4.69) is 5.32 Å². The number of hydrogen-bond acceptors (Lipinski definition) is 5. The SMILES string of the molecule is O=C(NC(=S)N1CCN(c2ccc([N+](=O)[O-])cc2Cl)CC1)c1cccc(Cl)c1. The molecule has 0 radical (unpaired) electrons. The quantitative estimate of drug-likeness (QED) is 0.446. The Kier molecular flexibility index (Phi) is 6.33. The summed E-state index contributed by atoms with van der Waals surface area (Å²) in [5.74, 6) is -0.312. The van der Waals surface area contributed by atoms with Gasteiger partial charge in [-0.3, -0.25) is 20.2 Å². The van der Waals surface area contributed by atoms with Gasteiger partial charge in [-0.05, 0) is 36.5 Å². The van der Waals surface area contributed by atoms with E-state index in [0.29, 0.717) is 46.9 Å². The summed E-state index contributed by atoms with van der Waals surface area (Å²) in [6.45, 7) is 2.40. The van der Waals surface area contributed by atoms with Gasteiger partial charge < -0.3 is 9.80 Å². The third-order valence-corrected chi connectivity index (χ3v) is 5.26. The molecule has 0 saturated carbocycles.